The number of oxazole rings is 1. The van der Waals surface area contributed by atoms with Crippen LogP contribution in [0, 0.1) is 5.92 Å². The molecule has 0 spiro atoms. The second-order valence-electron chi connectivity index (χ2n) is 8.88. The number of aromatic nitrogens is 1. The van der Waals surface area contributed by atoms with E-state index in [-0.39, 0.29) is 36.4 Å². The zero-order valence-corrected chi connectivity index (χ0v) is 18.6. The molecule has 7 heteroatoms. The lowest BCUT2D eigenvalue weighted by Crippen LogP contribution is -2.28. The van der Waals surface area contributed by atoms with Gasteiger partial charge in [0.1, 0.15) is 6.26 Å². The molecule has 2 aliphatic heterocycles. The highest BCUT2D eigenvalue weighted by Gasteiger charge is 2.51. The molecule has 4 rings (SSSR count). The summed E-state index contributed by atoms with van der Waals surface area (Å²) in [6.07, 6.45) is 8.17. The Balaban J connectivity index is 1.47. The fourth-order valence-electron chi connectivity index (χ4n) is 5.08. The molecule has 0 radical (unpaired) electrons. The molecule has 1 aromatic heterocycles. The van der Waals surface area contributed by atoms with Crippen LogP contribution in [0.3, 0.4) is 0 Å². The molecule has 0 saturated carbocycles. The highest BCUT2D eigenvalue weighted by molar-refractivity contribution is 5.91. The zero-order valence-electron chi connectivity index (χ0n) is 18.6. The first-order chi connectivity index (χ1) is 15.6. The number of hydrogen-bond acceptors (Lipinski definition) is 5. The van der Waals surface area contributed by atoms with Gasteiger partial charge in [-0.2, -0.15) is 0 Å². The van der Waals surface area contributed by atoms with E-state index in [9.17, 15) is 9.59 Å². The summed E-state index contributed by atoms with van der Waals surface area (Å²) in [6.45, 7) is 2.77. The molecule has 2 fully saturated rings. The first-order valence-electron chi connectivity index (χ1n) is 11.7. The number of carboxylic acid groups (broad SMARTS) is 1. The van der Waals surface area contributed by atoms with Crippen LogP contribution in [-0.2, 0) is 22.4 Å². The molecule has 1 aromatic carbocycles. The molecule has 172 valence electrons. The molecular formula is C25H32N2O5. The minimum atomic E-state index is -0.791. The number of benzene rings is 1. The van der Waals surface area contributed by atoms with E-state index in [0.717, 1.165) is 49.7 Å². The predicted molar refractivity (Wildman–Crippen MR) is 119 cm³/mol. The highest BCUT2D eigenvalue weighted by atomic mass is 16.5. The van der Waals surface area contributed by atoms with E-state index in [2.05, 4.69) is 23.3 Å². The Morgan fingerprint density at radius 2 is 1.94 bits per heavy atom. The minimum Gasteiger partial charge on any atom is -0.481 e. The van der Waals surface area contributed by atoms with Crippen molar-refractivity contribution in [3.05, 3.63) is 53.2 Å². The number of amides is 1. The largest absolute Gasteiger partial charge is 0.481 e. The second kappa shape index (κ2) is 10.3. The van der Waals surface area contributed by atoms with Gasteiger partial charge in [0.15, 0.2) is 5.69 Å². The molecule has 32 heavy (non-hydrogen) atoms. The van der Waals surface area contributed by atoms with Gasteiger partial charge in [0.25, 0.3) is 5.91 Å². The fraction of sp³-hybridized carbons (Fsp3) is 0.560. The smallest absolute Gasteiger partial charge is 0.303 e. The number of unbranched alkanes of at least 4 members (excludes halogenated alkanes) is 2. The van der Waals surface area contributed by atoms with Gasteiger partial charge in [0.05, 0.1) is 18.1 Å². The number of carbonyl (C=O) groups excluding carboxylic acids is 1. The third kappa shape index (κ3) is 5.04. The fourth-order valence-corrected chi connectivity index (χ4v) is 5.08. The summed E-state index contributed by atoms with van der Waals surface area (Å²) in [5.41, 5.74) is 2.54. The molecule has 2 saturated heterocycles. The van der Waals surface area contributed by atoms with Gasteiger partial charge in [-0.25, -0.2) is 4.98 Å². The first kappa shape index (κ1) is 22.5. The third-order valence-corrected chi connectivity index (χ3v) is 6.71. The Bertz CT molecular complexity index is 940. The van der Waals surface area contributed by atoms with Crippen molar-refractivity contribution in [2.75, 3.05) is 6.54 Å². The Kier molecular flexibility index (Phi) is 7.25. The molecule has 1 amide bonds. The van der Waals surface area contributed by atoms with Gasteiger partial charge in [-0.3, -0.25) is 9.59 Å². The number of ether oxygens (including phenoxy) is 1. The van der Waals surface area contributed by atoms with Crippen LogP contribution in [0.5, 0.6) is 0 Å². The van der Waals surface area contributed by atoms with Gasteiger partial charge in [-0.05, 0) is 43.2 Å². The van der Waals surface area contributed by atoms with Crippen LogP contribution < -0.4 is 5.32 Å². The normalized spacial score (nSPS) is 24.0. The molecule has 3 heterocycles. The number of nitrogens with one attached hydrogen (secondary N) is 1. The number of fused-ring (bicyclic) bond motifs is 2. The summed E-state index contributed by atoms with van der Waals surface area (Å²) in [6, 6.07) is 8.03. The maximum Gasteiger partial charge on any atom is 0.303 e. The van der Waals surface area contributed by atoms with Crippen LogP contribution in [0.1, 0.15) is 78.9 Å². The molecule has 2 bridgehead atoms. The number of nitrogens with zero attached hydrogens (tertiary/aromatic N) is 1. The van der Waals surface area contributed by atoms with E-state index in [1.54, 1.807) is 0 Å². The first-order valence-corrected chi connectivity index (χ1v) is 11.7. The number of carbonyl (C=O) groups is 2. The molecule has 7 nitrogen and oxygen atoms in total. The van der Waals surface area contributed by atoms with E-state index in [4.69, 9.17) is 14.3 Å². The van der Waals surface area contributed by atoms with E-state index >= 15 is 0 Å². The molecule has 4 atom stereocenters. The van der Waals surface area contributed by atoms with Gasteiger partial charge in [0, 0.05) is 18.9 Å². The summed E-state index contributed by atoms with van der Waals surface area (Å²) in [5, 5.41) is 12.0. The quantitative estimate of drug-likeness (QED) is 0.510. The van der Waals surface area contributed by atoms with Crippen molar-refractivity contribution in [1.82, 2.24) is 10.3 Å². The summed E-state index contributed by atoms with van der Waals surface area (Å²) in [7, 11) is 0. The van der Waals surface area contributed by atoms with Crippen LogP contribution in [0.2, 0.25) is 0 Å². The molecule has 2 unspecified atom stereocenters. The lowest BCUT2D eigenvalue weighted by atomic mass is 9.75. The summed E-state index contributed by atoms with van der Waals surface area (Å²) >= 11 is 0. The molecule has 0 aliphatic carbocycles. The monoisotopic (exact) mass is 440 g/mol. The van der Waals surface area contributed by atoms with Crippen LogP contribution in [0.15, 0.2) is 34.9 Å². The average Bonchev–Trinajstić information content (AvgIpc) is 3.52. The second-order valence-corrected chi connectivity index (χ2v) is 8.88. The van der Waals surface area contributed by atoms with Crippen molar-refractivity contribution in [2.24, 2.45) is 5.92 Å². The predicted octanol–water partition coefficient (Wildman–Crippen LogP) is 4.12. The summed E-state index contributed by atoms with van der Waals surface area (Å²) in [5.74, 6) is -0.220. The number of aliphatic carboxylic acids is 1. The molecular weight excluding hydrogens is 408 g/mol. The van der Waals surface area contributed by atoms with Crippen molar-refractivity contribution < 1.29 is 23.8 Å². The van der Waals surface area contributed by atoms with Crippen LogP contribution in [-0.4, -0.2) is 40.7 Å². The molecule has 2 N–H and O–H groups in total. The van der Waals surface area contributed by atoms with Crippen LogP contribution in [0.25, 0.3) is 0 Å². The number of aryl methyl sites for hydroxylation is 1. The Hall–Kier alpha value is -2.67. The minimum absolute atomic E-state index is 0.00270. The van der Waals surface area contributed by atoms with Crippen LogP contribution in [0.4, 0.5) is 0 Å². The van der Waals surface area contributed by atoms with Gasteiger partial charge in [-0.1, -0.05) is 44.0 Å². The average molecular weight is 441 g/mol. The van der Waals surface area contributed by atoms with Crippen molar-refractivity contribution in [3.63, 3.8) is 0 Å². The third-order valence-electron chi connectivity index (χ3n) is 6.71. The lowest BCUT2D eigenvalue weighted by molar-refractivity contribution is -0.136. The van der Waals surface area contributed by atoms with Gasteiger partial charge < -0.3 is 19.6 Å². The van der Waals surface area contributed by atoms with Gasteiger partial charge >= 0.3 is 5.97 Å². The molecule has 2 aromatic rings. The van der Waals surface area contributed by atoms with Crippen molar-refractivity contribution in [3.8, 4) is 0 Å². The van der Waals surface area contributed by atoms with E-state index < -0.39 is 5.97 Å². The maximum absolute atomic E-state index is 12.4. The van der Waals surface area contributed by atoms with E-state index in [1.807, 2.05) is 18.2 Å². The maximum atomic E-state index is 12.4. The van der Waals surface area contributed by atoms with Crippen molar-refractivity contribution in [2.45, 2.75) is 76.4 Å². The Morgan fingerprint density at radius 3 is 2.72 bits per heavy atom. The summed E-state index contributed by atoms with van der Waals surface area (Å²) in [4.78, 5) is 28.0. The van der Waals surface area contributed by atoms with E-state index in [1.165, 1.54) is 6.26 Å². The van der Waals surface area contributed by atoms with Gasteiger partial charge in [-0.15, -0.1) is 0 Å². The number of hydrogen-bond donors (Lipinski definition) is 2. The standard InChI is InChI=1S/C25H32N2O5/c1-2-3-6-13-26-24(30)19-15-31-25(27-19)23-18(20-10-11-21(23)32-20)14-17-8-5-4-7-16(17)9-12-22(28)29/h4-5,7-8,15,18,20-21,23H,2-3,6,9-14H2,1H3,(H,26,30)(H,28,29)/t18-,20?,21?,23-/m0/s1. The topological polar surface area (TPSA) is 102 Å². The highest BCUT2D eigenvalue weighted by Crippen LogP contribution is 2.49. The lowest BCUT2D eigenvalue weighted by Gasteiger charge is -2.26. The van der Waals surface area contributed by atoms with Crippen LogP contribution >= 0.6 is 0 Å². The Labute approximate surface area is 188 Å². The van der Waals surface area contributed by atoms with Crippen molar-refractivity contribution >= 4 is 11.9 Å². The zero-order chi connectivity index (χ0) is 22.5. The molecule has 2 aliphatic rings. The Morgan fingerprint density at radius 1 is 1.16 bits per heavy atom. The van der Waals surface area contributed by atoms with Gasteiger partial charge in [0.2, 0.25) is 5.89 Å². The SMILES string of the molecule is CCCCCNC(=O)c1coc([C@@H]2C3CCC(O3)[C@@H]2Cc2ccccc2CCC(=O)O)n1. The van der Waals surface area contributed by atoms with E-state index in [0.29, 0.717) is 24.6 Å². The number of rotatable bonds is 11. The van der Waals surface area contributed by atoms with Crippen molar-refractivity contribution in [1.29, 1.82) is 0 Å². The summed E-state index contributed by atoms with van der Waals surface area (Å²) < 4.78 is 12.0. The number of carboxylic acids is 1.